The summed E-state index contributed by atoms with van der Waals surface area (Å²) >= 11 is 6.27. The molecule has 0 saturated heterocycles. The van der Waals surface area contributed by atoms with Crippen LogP contribution in [0.1, 0.15) is 21.5 Å². The van der Waals surface area contributed by atoms with E-state index in [1.807, 2.05) is 30.3 Å². The van der Waals surface area contributed by atoms with Gasteiger partial charge in [-0.1, -0.05) is 41.9 Å². The molecule has 110 valence electrons. The van der Waals surface area contributed by atoms with Crippen molar-refractivity contribution in [1.29, 1.82) is 0 Å². The zero-order chi connectivity index (χ0) is 15.7. The Morgan fingerprint density at radius 3 is 2.59 bits per heavy atom. The van der Waals surface area contributed by atoms with Crippen molar-refractivity contribution in [2.24, 2.45) is 0 Å². The number of aromatic carboxylic acids is 1. The molecule has 0 bridgehead atoms. The maximum Gasteiger partial charge on any atom is 0.341 e. The second-order valence-electron chi connectivity index (χ2n) is 4.99. The molecule has 0 aliphatic rings. The molecule has 0 saturated carbocycles. The zero-order valence-electron chi connectivity index (χ0n) is 11.5. The van der Waals surface area contributed by atoms with Gasteiger partial charge >= 0.3 is 5.97 Å². The van der Waals surface area contributed by atoms with Gasteiger partial charge in [0.15, 0.2) is 0 Å². The monoisotopic (exact) mass is 313 g/mol. The van der Waals surface area contributed by atoms with Crippen LogP contribution in [0.3, 0.4) is 0 Å². The highest BCUT2D eigenvalue weighted by atomic mass is 35.5. The van der Waals surface area contributed by atoms with E-state index in [4.69, 9.17) is 16.7 Å². The normalized spacial score (nSPS) is 10.8. The molecule has 1 heterocycles. The highest BCUT2D eigenvalue weighted by molar-refractivity contribution is 6.32. The Morgan fingerprint density at radius 1 is 1.18 bits per heavy atom. The lowest BCUT2D eigenvalue weighted by atomic mass is 10.0. The third-order valence-corrected chi connectivity index (χ3v) is 3.87. The van der Waals surface area contributed by atoms with Crippen molar-refractivity contribution in [3.05, 3.63) is 80.6 Å². The van der Waals surface area contributed by atoms with Crippen LogP contribution >= 0.6 is 11.6 Å². The summed E-state index contributed by atoms with van der Waals surface area (Å²) in [6, 6.07) is 13.0. The number of carboxylic acids is 1. The maximum absolute atomic E-state index is 12.2. The fourth-order valence-electron chi connectivity index (χ4n) is 2.40. The summed E-state index contributed by atoms with van der Waals surface area (Å²) in [5, 5.41) is 9.90. The van der Waals surface area contributed by atoms with Crippen molar-refractivity contribution in [3.63, 3.8) is 0 Å². The molecule has 0 amide bonds. The molecule has 5 heteroatoms. The quantitative estimate of drug-likeness (QED) is 0.778. The standard InChI is InChI=1S/C17H12ClNO3/c18-14-8-15-12(16(20)13(9-19-15)17(21)22)7-11(14)6-10-4-2-1-3-5-10/h1-5,7-9H,6H2,(H,19,20)(H,21,22). The van der Waals surface area contributed by atoms with Crippen molar-refractivity contribution in [2.45, 2.75) is 6.42 Å². The van der Waals surface area contributed by atoms with Crippen LogP contribution in [-0.4, -0.2) is 16.1 Å². The Kier molecular flexibility index (Phi) is 3.69. The van der Waals surface area contributed by atoms with E-state index in [-0.39, 0.29) is 5.56 Å². The van der Waals surface area contributed by atoms with Gasteiger partial charge in [-0.15, -0.1) is 0 Å². The number of halogens is 1. The highest BCUT2D eigenvalue weighted by Crippen LogP contribution is 2.24. The summed E-state index contributed by atoms with van der Waals surface area (Å²) in [7, 11) is 0. The van der Waals surface area contributed by atoms with Crippen LogP contribution in [0.2, 0.25) is 5.02 Å². The number of hydrogen-bond donors (Lipinski definition) is 2. The molecular weight excluding hydrogens is 302 g/mol. The average Bonchev–Trinajstić information content (AvgIpc) is 2.50. The number of carbonyl (C=O) groups is 1. The summed E-state index contributed by atoms with van der Waals surface area (Å²) in [6.07, 6.45) is 1.77. The second kappa shape index (κ2) is 5.66. The summed E-state index contributed by atoms with van der Waals surface area (Å²) in [4.78, 5) is 26.1. The molecule has 0 atom stereocenters. The van der Waals surface area contributed by atoms with E-state index in [1.54, 1.807) is 12.1 Å². The number of hydrogen-bond acceptors (Lipinski definition) is 2. The number of aromatic nitrogens is 1. The topological polar surface area (TPSA) is 70.2 Å². The van der Waals surface area contributed by atoms with Crippen LogP contribution in [0, 0.1) is 0 Å². The summed E-state index contributed by atoms with van der Waals surface area (Å²) in [6.45, 7) is 0. The number of pyridine rings is 1. The van der Waals surface area contributed by atoms with Crippen LogP contribution in [0.5, 0.6) is 0 Å². The van der Waals surface area contributed by atoms with Gasteiger partial charge < -0.3 is 10.1 Å². The molecule has 0 spiro atoms. The molecule has 0 radical (unpaired) electrons. The van der Waals surface area contributed by atoms with Crippen molar-refractivity contribution >= 4 is 28.5 Å². The van der Waals surface area contributed by atoms with Crippen molar-refractivity contribution in [3.8, 4) is 0 Å². The number of rotatable bonds is 3. The number of aromatic amines is 1. The number of benzene rings is 2. The Bertz CT molecular complexity index is 916. The first-order valence-electron chi connectivity index (χ1n) is 6.67. The lowest BCUT2D eigenvalue weighted by molar-refractivity contribution is 0.0695. The van der Waals surface area contributed by atoms with Crippen molar-refractivity contribution in [2.75, 3.05) is 0 Å². The molecular formula is C17H12ClNO3. The average molecular weight is 314 g/mol. The summed E-state index contributed by atoms with van der Waals surface area (Å²) in [5.41, 5.74) is 1.59. The van der Waals surface area contributed by atoms with Gasteiger partial charge in [0.2, 0.25) is 5.43 Å². The van der Waals surface area contributed by atoms with E-state index >= 15 is 0 Å². The number of carboxylic acid groups (broad SMARTS) is 1. The van der Waals surface area contributed by atoms with Gasteiger partial charge in [-0.25, -0.2) is 4.79 Å². The molecule has 3 aromatic rings. The van der Waals surface area contributed by atoms with E-state index in [1.165, 1.54) is 6.20 Å². The smallest absolute Gasteiger partial charge is 0.341 e. The third-order valence-electron chi connectivity index (χ3n) is 3.52. The van der Waals surface area contributed by atoms with E-state index in [0.717, 1.165) is 11.1 Å². The van der Waals surface area contributed by atoms with Gasteiger partial charge in [0.25, 0.3) is 0 Å². The van der Waals surface area contributed by atoms with Crippen molar-refractivity contribution in [1.82, 2.24) is 4.98 Å². The maximum atomic E-state index is 12.2. The fraction of sp³-hybridized carbons (Fsp3) is 0.0588. The van der Waals surface area contributed by atoms with Crippen LogP contribution < -0.4 is 5.43 Å². The Labute approximate surface area is 131 Å². The third kappa shape index (κ3) is 2.61. The first kappa shape index (κ1) is 14.4. The first-order valence-corrected chi connectivity index (χ1v) is 7.05. The minimum absolute atomic E-state index is 0.277. The van der Waals surface area contributed by atoms with Gasteiger partial charge in [-0.2, -0.15) is 0 Å². The Balaban J connectivity index is 2.16. The number of nitrogens with one attached hydrogen (secondary N) is 1. The predicted molar refractivity (Wildman–Crippen MR) is 85.8 cm³/mol. The van der Waals surface area contributed by atoms with Gasteiger partial charge in [0.1, 0.15) is 5.56 Å². The molecule has 4 nitrogen and oxygen atoms in total. The fourth-order valence-corrected chi connectivity index (χ4v) is 2.63. The lowest BCUT2D eigenvalue weighted by Gasteiger charge is -2.07. The zero-order valence-corrected chi connectivity index (χ0v) is 12.2. The number of fused-ring (bicyclic) bond motifs is 1. The molecule has 2 N–H and O–H groups in total. The summed E-state index contributed by atoms with van der Waals surface area (Å²) in [5.74, 6) is -1.25. The van der Waals surface area contributed by atoms with Gasteiger partial charge in [0, 0.05) is 16.6 Å². The van der Waals surface area contributed by atoms with Gasteiger partial charge in [-0.05, 0) is 29.7 Å². The molecule has 0 aliphatic heterocycles. The molecule has 0 aliphatic carbocycles. The van der Waals surface area contributed by atoms with Gasteiger partial charge in [0.05, 0.1) is 5.52 Å². The van der Waals surface area contributed by atoms with Gasteiger partial charge in [-0.3, -0.25) is 4.79 Å². The Morgan fingerprint density at radius 2 is 1.91 bits per heavy atom. The second-order valence-corrected chi connectivity index (χ2v) is 5.40. The Hall–Kier alpha value is -2.59. The first-order chi connectivity index (χ1) is 10.6. The lowest BCUT2D eigenvalue weighted by Crippen LogP contribution is -2.15. The molecule has 2 aromatic carbocycles. The number of H-pyrrole nitrogens is 1. The van der Waals surface area contributed by atoms with Crippen LogP contribution in [0.25, 0.3) is 10.9 Å². The minimum atomic E-state index is -1.25. The van der Waals surface area contributed by atoms with Crippen LogP contribution in [-0.2, 0) is 6.42 Å². The van der Waals surface area contributed by atoms with E-state index in [2.05, 4.69) is 4.98 Å². The highest BCUT2D eigenvalue weighted by Gasteiger charge is 2.13. The van der Waals surface area contributed by atoms with Crippen LogP contribution in [0.15, 0.2) is 53.5 Å². The minimum Gasteiger partial charge on any atom is -0.477 e. The molecule has 3 rings (SSSR count). The summed E-state index contributed by atoms with van der Waals surface area (Å²) < 4.78 is 0. The van der Waals surface area contributed by atoms with Crippen LogP contribution in [0.4, 0.5) is 0 Å². The van der Waals surface area contributed by atoms with E-state index < -0.39 is 11.4 Å². The van der Waals surface area contributed by atoms with E-state index in [0.29, 0.717) is 22.3 Å². The SMILES string of the molecule is O=C(O)c1c[nH]c2cc(Cl)c(Cc3ccccc3)cc2c1=O. The predicted octanol–water partition coefficient (Wildman–Crippen LogP) is 3.47. The van der Waals surface area contributed by atoms with Crippen molar-refractivity contribution < 1.29 is 9.90 Å². The molecule has 22 heavy (non-hydrogen) atoms. The molecule has 1 aromatic heterocycles. The van der Waals surface area contributed by atoms with E-state index in [9.17, 15) is 9.59 Å². The largest absolute Gasteiger partial charge is 0.477 e. The molecule has 0 unspecified atom stereocenters. The molecule has 0 fully saturated rings.